The quantitative estimate of drug-likeness (QED) is 0.296. The molecular formula is C21H38BNO8. The van der Waals surface area contributed by atoms with Gasteiger partial charge < -0.3 is 29.6 Å². The normalized spacial score (nSPS) is 14.5. The van der Waals surface area contributed by atoms with Gasteiger partial charge in [0, 0.05) is 0 Å². The summed E-state index contributed by atoms with van der Waals surface area (Å²) in [5.74, 6) is -1.08. The van der Waals surface area contributed by atoms with Gasteiger partial charge in [-0.05, 0) is 75.2 Å². The molecule has 2 unspecified atom stereocenters. The van der Waals surface area contributed by atoms with Gasteiger partial charge in [-0.15, -0.1) is 0 Å². The molecule has 0 fully saturated rings. The number of esters is 2. The fourth-order valence-electron chi connectivity index (χ4n) is 2.36. The van der Waals surface area contributed by atoms with E-state index in [0.717, 1.165) is 5.98 Å². The first kappa shape index (κ1) is 28.9. The average molecular weight is 443 g/mol. The molecule has 3 N–H and O–H groups in total. The van der Waals surface area contributed by atoms with Crippen LogP contribution in [0, 0.1) is 5.92 Å². The predicted molar refractivity (Wildman–Crippen MR) is 117 cm³/mol. The van der Waals surface area contributed by atoms with Crippen LogP contribution in [0.1, 0.15) is 75.2 Å². The smallest absolute Gasteiger partial charge is 0.460 e. The Morgan fingerprint density at radius 2 is 1.29 bits per heavy atom. The zero-order valence-corrected chi connectivity index (χ0v) is 20.1. The number of allylic oxidation sites excluding steroid dienone is 1. The fraction of sp³-hybridized carbons (Fsp3) is 0.762. The molecule has 0 radical (unpaired) electrons. The van der Waals surface area contributed by atoms with Crippen molar-refractivity contribution in [2.45, 2.75) is 98.0 Å². The highest BCUT2D eigenvalue weighted by Crippen LogP contribution is 2.21. The number of carbonyl (C=O) groups excluding carboxylic acids is 3. The first-order valence-corrected chi connectivity index (χ1v) is 10.3. The summed E-state index contributed by atoms with van der Waals surface area (Å²) in [4.78, 5) is 37.7. The highest BCUT2D eigenvalue weighted by atomic mass is 16.6. The third-order valence-electron chi connectivity index (χ3n) is 3.37. The first-order valence-electron chi connectivity index (χ1n) is 10.3. The van der Waals surface area contributed by atoms with Crippen LogP contribution in [-0.4, -0.2) is 58.0 Å². The number of alkyl carbamates (subject to hydrolysis) is 1. The summed E-state index contributed by atoms with van der Waals surface area (Å²) in [5.41, 5.74) is -2.37. The van der Waals surface area contributed by atoms with Crippen LogP contribution >= 0.6 is 0 Å². The van der Waals surface area contributed by atoms with Crippen molar-refractivity contribution in [2.24, 2.45) is 5.92 Å². The summed E-state index contributed by atoms with van der Waals surface area (Å²) in [6.45, 7) is 15.2. The zero-order valence-electron chi connectivity index (χ0n) is 20.1. The van der Waals surface area contributed by atoms with E-state index in [1.54, 1.807) is 62.3 Å². The maximum atomic E-state index is 12.7. The fourth-order valence-corrected chi connectivity index (χ4v) is 2.36. The number of nitrogens with one attached hydrogen (secondary N) is 1. The van der Waals surface area contributed by atoms with Crippen LogP contribution in [0.3, 0.4) is 0 Å². The molecule has 0 heterocycles. The standard InChI is InChI=1S/C21H38BNO8/c1-19(2,3)29-16(24)14(11-10-12-22(27)28)13-15(17(25)30-20(4,5)6)23-18(26)31-21(7,8)9/h10,12,14-15,27-28H,11,13H2,1-9H3,(H,23,26). The molecule has 0 saturated carbocycles. The lowest BCUT2D eigenvalue weighted by molar-refractivity contribution is -0.162. The minimum absolute atomic E-state index is 0.0574. The molecule has 0 aliphatic rings. The highest BCUT2D eigenvalue weighted by Gasteiger charge is 2.34. The van der Waals surface area contributed by atoms with E-state index in [-0.39, 0.29) is 12.8 Å². The Hall–Kier alpha value is -2.07. The predicted octanol–water partition coefficient (Wildman–Crippen LogP) is 2.53. The molecule has 0 aromatic carbocycles. The van der Waals surface area contributed by atoms with Crippen LogP contribution in [0.4, 0.5) is 4.79 Å². The molecule has 9 nitrogen and oxygen atoms in total. The van der Waals surface area contributed by atoms with Crippen molar-refractivity contribution in [1.82, 2.24) is 5.32 Å². The van der Waals surface area contributed by atoms with Crippen LogP contribution in [0.5, 0.6) is 0 Å². The van der Waals surface area contributed by atoms with Gasteiger partial charge in [0.15, 0.2) is 0 Å². The van der Waals surface area contributed by atoms with E-state index in [1.807, 2.05) is 0 Å². The molecule has 0 saturated heterocycles. The molecule has 0 aliphatic heterocycles. The topological polar surface area (TPSA) is 131 Å². The second-order valence-corrected chi connectivity index (χ2v) is 10.3. The minimum Gasteiger partial charge on any atom is -0.460 e. The van der Waals surface area contributed by atoms with Crippen LogP contribution in [0.25, 0.3) is 0 Å². The SMILES string of the molecule is CC(C)(C)OC(=O)NC(CC(CC=CB(O)O)C(=O)OC(C)(C)C)C(=O)OC(C)(C)C. The first-order chi connectivity index (χ1) is 13.8. The third kappa shape index (κ3) is 15.4. The summed E-state index contributed by atoms with van der Waals surface area (Å²) in [7, 11) is -1.68. The Morgan fingerprint density at radius 1 is 0.839 bits per heavy atom. The van der Waals surface area contributed by atoms with Gasteiger partial charge in [-0.25, -0.2) is 9.59 Å². The average Bonchev–Trinajstić information content (AvgIpc) is 2.47. The van der Waals surface area contributed by atoms with Crippen molar-refractivity contribution < 1.29 is 38.6 Å². The molecule has 0 rings (SSSR count). The molecule has 178 valence electrons. The van der Waals surface area contributed by atoms with Gasteiger partial charge in [0.2, 0.25) is 0 Å². The monoisotopic (exact) mass is 443 g/mol. The van der Waals surface area contributed by atoms with Crippen LogP contribution in [0.2, 0.25) is 0 Å². The maximum absolute atomic E-state index is 12.7. The van der Waals surface area contributed by atoms with E-state index in [2.05, 4.69) is 5.32 Å². The lowest BCUT2D eigenvalue weighted by Crippen LogP contribution is -2.47. The summed E-state index contributed by atoms with van der Waals surface area (Å²) >= 11 is 0. The van der Waals surface area contributed by atoms with Gasteiger partial charge >= 0.3 is 25.2 Å². The van der Waals surface area contributed by atoms with Gasteiger partial charge in [0.25, 0.3) is 0 Å². The third-order valence-corrected chi connectivity index (χ3v) is 3.37. The number of ether oxygens (including phenoxy) is 3. The Labute approximate surface area is 185 Å². The van der Waals surface area contributed by atoms with Crippen molar-refractivity contribution in [3.63, 3.8) is 0 Å². The van der Waals surface area contributed by atoms with Crippen molar-refractivity contribution in [2.75, 3.05) is 0 Å². The molecule has 0 bridgehead atoms. The molecule has 0 aliphatic carbocycles. The van der Waals surface area contributed by atoms with E-state index >= 15 is 0 Å². The molecule has 0 aromatic rings. The van der Waals surface area contributed by atoms with Gasteiger partial charge in [0.05, 0.1) is 5.92 Å². The van der Waals surface area contributed by atoms with E-state index in [4.69, 9.17) is 24.3 Å². The lowest BCUT2D eigenvalue weighted by Gasteiger charge is -2.29. The molecule has 0 aromatic heterocycles. The van der Waals surface area contributed by atoms with E-state index < -0.39 is 53.9 Å². The van der Waals surface area contributed by atoms with Gasteiger partial charge in [-0.1, -0.05) is 12.1 Å². The maximum Gasteiger partial charge on any atom is 0.480 e. The van der Waals surface area contributed by atoms with Gasteiger partial charge in [0.1, 0.15) is 22.8 Å². The van der Waals surface area contributed by atoms with E-state index in [1.165, 1.54) is 6.08 Å². The number of hydrogen-bond donors (Lipinski definition) is 3. The molecular weight excluding hydrogens is 405 g/mol. The number of amides is 1. The van der Waals surface area contributed by atoms with Crippen molar-refractivity contribution >= 4 is 25.2 Å². The van der Waals surface area contributed by atoms with Crippen molar-refractivity contribution in [1.29, 1.82) is 0 Å². The molecule has 2 atom stereocenters. The Kier molecular flexibility index (Phi) is 10.8. The summed E-state index contributed by atoms with van der Waals surface area (Å²) in [6.07, 6.45) is 0.503. The second kappa shape index (κ2) is 11.5. The number of rotatable bonds is 8. The van der Waals surface area contributed by atoms with Crippen LogP contribution in [-0.2, 0) is 23.8 Å². The van der Waals surface area contributed by atoms with Crippen LogP contribution < -0.4 is 5.32 Å². The molecule has 0 spiro atoms. The van der Waals surface area contributed by atoms with Gasteiger partial charge in [-0.2, -0.15) is 0 Å². The van der Waals surface area contributed by atoms with Gasteiger partial charge in [-0.3, -0.25) is 4.79 Å². The van der Waals surface area contributed by atoms with Crippen molar-refractivity contribution in [3.05, 3.63) is 12.1 Å². The second-order valence-electron chi connectivity index (χ2n) is 10.3. The number of hydrogen-bond acceptors (Lipinski definition) is 8. The zero-order chi connectivity index (χ0) is 24.6. The molecule has 31 heavy (non-hydrogen) atoms. The summed E-state index contributed by atoms with van der Waals surface area (Å²) in [6, 6.07) is -1.18. The largest absolute Gasteiger partial charge is 0.480 e. The number of carbonyl (C=O) groups is 3. The van der Waals surface area contributed by atoms with Crippen molar-refractivity contribution in [3.8, 4) is 0 Å². The molecule has 10 heteroatoms. The Morgan fingerprint density at radius 3 is 1.71 bits per heavy atom. The summed E-state index contributed by atoms with van der Waals surface area (Å²) in [5, 5.41) is 20.5. The summed E-state index contributed by atoms with van der Waals surface area (Å²) < 4.78 is 16.1. The Bertz CT molecular complexity index is 641. The minimum atomic E-state index is -1.68. The lowest BCUT2D eigenvalue weighted by atomic mass is 9.88. The molecule has 1 amide bonds. The van der Waals surface area contributed by atoms with E-state index in [0.29, 0.717) is 0 Å². The highest BCUT2D eigenvalue weighted by molar-refractivity contribution is 6.47. The Balaban J connectivity index is 5.72. The van der Waals surface area contributed by atoms with E-state index in [9.17, 15) is 14.4 Å². The van der Waals surface area contributed by atoms with Crippen LogP contribution in [0.15, 0.2) is 12.1 Å².